The van der Waals surface area contributed by atoms with Crippen molar-refractivity contribution in [2.24, 2.45) is 0 Å². The van der Waals surface area contributed by atoms with E-state index in [4.69, 9.17) is 25.8 Å². The van der Waals surface area contributed by atoms with Crippen molar-refractivity contribution in [2.75, 3.05) is 19.0 Å². The van der Waals surface area contributed by atoms with Crippen LogP contribution in [0.4, 0.5) is 5.69 Å². The molecule has 0 spiro atoms. The summed E-state index contributed by atoms with van der Waals surface area (Å²) in [5, 5.41) is 3.25. The predicted molar refractivity (Wildman–Crippen MR) is 83.0 cm³/mol. The van der Waals surface area contributed by atoms with Crippen LogP contribution in [0.3, 0.4) is 0 Å². The molecule has 6 heteroatoms. The molecule has 114 valence electrons. The summed E-state index contributed by atoms with van der Waals surface area (Å²) in [7, 11) is 1.52. The zero-order valence-corrected chi connectivity index (χ0v) is 12.6. The Morgan fingerprint density at radius 2 is 2.05 bits per heavy atom. The number of rotatable bonds is 3. The fourth-order valence-corrected chi connectivity index (χ4v) is 2.31. The van der Waals surface area contributed by atoms with E-state index >= 15 is 0 Å². The van der Waals surface area contributed by atoms with Crippen molar-refractivity contribution < 1.29 is 19.0 Å². The number of carbonyl (C=O) groups is 1. The van der Waals surface area contributed by atoms with Gasteiger partial charge in [-0.15, -0.1) is 0 Å². The maximum Gasteiger partial charge on any atom is 0.269 e. The van der Waals surface area contributed by atoms with Crippen molar-refractivity contribution in [1.29, 1.82) is 0 Å². The average molecular weight is 320 g/mol. The number of carbonyl (C=O) groups excluding carboxylic acids is 1. The van der Waals surface area contributed by atoms with Crippen LogP contribution < -0.4 is 19.5 Å². The molecular weight excluding hydrogens is 306 g/mol. The van der Waals surface area contributed by atoms with Gasteiger partial charge in [0.05, 0.1) is 12.8 Å². The second-order valence-corrected chi connectivity index (χ2v) is 5.13. The first-order valence-electron chi connectivity index (χ1n) is 6.70. The molecule has 1 aliphatic heterocycles. The lowest BCUT2D eigenvalue weighted by Crippen LogP contribution is -2.40. The van der Waals surface area contributed by atoms with Crippen molar-refractivity contribution in [2.45, 2.75) is 6.10 Å². The molecule has 1 N–H and O–H groups in total. The van der Waals surface area contributed by atoms with Crippen molar-refractivity contribution in [3.63, 3.8) is 0 Å². The quantitative estimate of drug-likeness (QED) is 0.944. The Morgan fingerprint density at radius 3 is 2.82 bits per heavy atom. The van der Waals surface area contributed by atoms with Crippen LogP contribution in [0.1, 0.15) is 0 Å². The molecule has 0 bridgehead atoms. The van der Waals surface area contributed by atoms with Crippen LogP contribution in [-0.4, -0.2) is 25.7 Å². The number of para-hydroxylation sites is 2. The monoisotopic (exact) mass is 319 g/mol. The summed E-state index contributed by atoms with van der Waals surface area (Å²) in [6.45, 7) is 0.145. The molecule has 2 aromatic rings. The van der Waals surface area contributed by atoms with Crippen LogP contribution in [0.2, 0.25) is 5.02 Å². The molecule has 0 saturated heterocycles. The third-order valence-electron chi connectivity index (χ3n) is 3.22. The number of benzene rings is 2. The van der Waals surface area contributed by atoms with E-state index in [1.165, 1.54) is 7.11 Å². The van der Waals surface area contributed by atoms with Crippen molar-refractivity contribution in [3.05, 3.63) is 47.5 Å². The maximum atomic E-state index is 12.3. The van der Waals surface area contributed by atoms with Gasteiger partial charge < -0.3 is 19.5 Å². The normalized spacial score (nSPS) is 16.0. The van der Waals surface area contributed by atoms with E-state index in [2.05, 4.69) is 5.32 Å². The highest BCUT2D eigenvalue weighted by Crippen LogP contribution is 2.32. The second kappa shape index (κ2) is 6.15. The lowest BCUT2D eigenvalue weighted by atomic mass is 10.2. The molecule has 1 atom stereocenters. The minimum Gasteiger partial charge on any atom is -0.495 e. The van der Waals surface area contributed by atoms with Crippen LogP contribution in [-0.2, 0) is 4.79 Å². The molecule has 0 unspecified atom stereocenters. The molecule has 1 amide bonds. The number of ether oxygens (including phenoxy) is 3. The number of halogens is 1. The summed E-state index contributed by atoms with van der Waals surface area (Å²) in [6, 6.07) is 12.2. The third-order valence-corrected chi connectivity index (χ3v) is 3.46. The lowest BCUT2D eigenvalue weighted by Gasteiger charge is -2.25. The summed E-state index contributed by atoms with van der Waals surface area (Å²) in [6.07, 6.45) is -0.737. The van der Waals surface area contributed by atoms with E-state index in [-0.39, 0.29) is 12.5 Å². The first-order chi connectivity index (χ1) is 10.7. The predicted octanol–water partition coefficient (Wildman–Crippen LogP) is 3.13. The Bertz CT molecular complexity index is 704. The lowest BCUT2D eigenvalue weighted by molar-refractivity contribution is -0.125. The first-order valence-corrected chi connectivity index (χ1v) is 7.08. The standard InChI is InChI=1S/C16H14ClNO4/c1-20-12-7-6-10(17)8-11(12)18-16(19)15-9-21-13-4-2-3-5-14(13)22-15/h2-8,15H,9H2,1H3,(H,18,19)/t15-/m1/s1. The van der Waals surface area contributed by atoms with Gasteiger partial charge in [0.2, 0.25) is 6.10 Å². The molecular formula is C16H14ClNO4. The van der Waals surface area contributed by atoms with Gasteiger partial charge in [-0.05, 0) is 30.3 Å². The number of hydrogen-bond donors (Lipinski definition) is 1. The number of amides is 1. The van der Waals surface area contributed by atoms with Gasteiger partial charge in [0, 0.05) is 5.02 Å². The second-order valence-electron chi connectivity index (χ2n) is 4.70. The third kappa shape index (κ3) is 2.94. The molecule has 1 aliphatic rings. The molecule has 2 aromatic carbocycles. The van der Waals surface area contributed by atoms with Crippen molar-refractivity contribution in [1.82, 2.24) is 0 Å². The highest BCUT2D eigenvalue weighted by molar-refractivity contribution is 6.31. The van der Waals surface area contributed by atoms with Gasteiger partial charge >= 0.3 is 0 Å². The van der Waals surface area contributed by atoms with Crippen molar-refractivity contribution in [3.8, 4) is 17.2 Å². The molecule has 0 aliphatic carbocycles. The number of hydrogen-bond acceptors (Lipinski definition) is 4. The Kier molecular flexibility index (Phi) is 4.06. The molecule has 3 rings (SSSR count). The van der Waals surface area contributed by atoms with Gasteiger partial charge in [0.25, 0.3) is 5.91 Å². The van der Waals surface area contributed by atoms with E-state index in [9.17, 15) is 4.79 Å². The Hall–Kier alpha value is -2.40. The highest BCUT2D eigenvalue weighted by atomic mass is 35.5. The van der Waals surface area contributed by atoms with Gasteiger partial charge in [0.15, 0.2) is 11.5 Å². The number of methoxy groups -OCH3 is 1. The Morgan fingerprint density at radius 1 is 1.27 bits per heavy atom. The smallest absolute Gasteiger partial charge is 0.269 e. The summed E-state index contributed by atoms with van der Waals surface area (Å²) >= 11 is 5.95. The van der Waals surface area contributed by atoms with Gasteiger partial charge in [-0.3, -0.25) is 4.79 Å². The first kappa shape index (κ1) is 14.5. The molecule has 22 heavy (non-hydrogen) atoms. The number of fused-ring (bicyclic) bond motifs is 1. The average Bonchev–Trinajstić information content (AvgIpc) is 2.54. The van der Waals surface area contributed by atoms with E-state index in [0.29, 0.717) is 28.0 Å². The summed E-state index contributed by atoms with van der Waals surface area (Å²) in [4.78, 5) is 12.3. The topological polar surface area (TPSA) is 56.8 Å². The number of anilines is 1. The zero-order valence-electron chi connectivity index (χ0n) is 11.8. The van der Waals surface area contributed by atoms with Gasteiger partial charge in [-0.1, -0.05) is 23.7 Å². The van der Waals surface area contributed by atoms with Crippen LogP contribution in [0.5, 0.6) is 17.2 Å². The molecule has 5 nitrogen and oxygen atoms in total. The Labute approximate surface area is 132 Å². The fourth-order valence-electron chi connectivity index (χ4n) is 2.14. The molecule has 1 heterocycles. The van der Waals surface area contributed by atoms with Crippen LogP contribution >= 0.6 is 11.6 Å². The highest BCUT2D eigenvalue weighted by Gasteiger charge is 2.27. The van der Waals surface area contributed by atoms with Gasteiger partial charge in [-0.25, -0.2) is 0 Å². The molecule has 0 saturated carbocycles. The van der Waals surface area contributed by atoms with Crippen molar-refractivity contribution >= 4 is 23.2 Å². The summed E-state index contributed by atoms with van der Waals surface area (Å²) < 4.78 is 16.4. The van der Waals surface area contributed by atoms with E-state index in [1.807, 2.05) is 12.1 Å². The zero-order chi connectivity index (χ0) is 15.5. The summed E-state index contributed by atoms with van der Waals surface area (Å²) in [5.74, 6) is 1.38. The van der Waals surface area contributed by atoms with Crippen LogP contribution in [0.25, 0.3) is 0 Å². The van der Waals surface area contributed by atoms with E-state index in [1.54, 1.807) is 30.3 Å². The van der Waals surface area contributed by atoms with Gasteiger partial charge in [0.1, 0.15) is 12.4 Å². The fraction of sp³-hybridized carbons (Fsp3) is 0.188. The minimum absolute atomic E-state index is 0.145. The minimum atomic E-state index is -0.737. The molecule has 0 radical (unpaired) electrons. The number of nitrogens with one attached hydrogen (secondary N) is 1. The van der Waals surface area contributed by atoms with E-state index < -0.39 is 6.10 Å². The molecule has 0 aromatic heterocycles. The van der Waals surface area contributed by atoms with Gasteiger partial charge in [-0.2, -0.15) is 0 Å². The summed E-state index contributed by atoms with van der Waals surface area (Å²) in [5.41, 5.74) is 0.488. The van der Waals surface area contributed by atoms with Crippen LogP contribution in [0.15, 0.2) is 42.5 Å². The largest absolute Gasteiger partial charge is 0.495 e. The Balaban J connectivity index is 1.75. The maximum absolute atomic E-state index is 12.3. The van der Waals surface area contributed by atoms with E-state index in [0.717, 1.165) is 0 Å². The SMILES string of the molecule is COc1ccc(Cl)cc1NC(=O)[C@H]1COc2ccccc2O1. The molecule has 0 fully saturated rings. The van der Waals surface area contributed by atoms with Crippen LogP contribution in [0, 0.1) is 0 Å².